The first-order valence-corrected chi connectivity index (χ1v) is 8.52. The van der Waals surface area contributed by atoms with Gasteiger partial charge in [0.05, 0.1) is 12.0 Å². The second-order valence-electron chi connectivity index (χ2n) is 7.30. The standard InChI is InChI=1S/C17H30N4O2/c1-6-20-12-18-10-15(20)11-19-14-7-8-21(13(2)9-14)16(22)23-17(3,4)5/h10,12-14,19H,6-9,11H2,1-5H3. The van der Waals surface area contributed by atoms with E-state index in [1.165, 1.54) is 5.69 Å². The molecule has 2 atom stereocenters. The molecule has 1 N–H and O–H groups in total. The molecular weight excluding hydrogens is 292 g/mol. The third-order valence-electron chi connectivity index (χ3n) is 4.22. The normalized spacial score (nSPS) is 22.2. The van der Waals surface area contributed by atoms with Crippen LogP contribution in [0.2, 0.25) is 0 Å². The van der Waals surface area contributed by atoms with E-state index in [4.69, 9.17) is 4.74 Å². The van der Waals surface area contributed by atoms with Crippen molar-refractivity contribution in [2.75, 3.05) is 6.54 Å². The van der Waals surface area contributed by atoms with Gasteiger partial charge in [0.25, 0.3) is 0 Å². The predicted octanol–water partition coefficient (Wildman–Crippen LogP) is 2.78. The minimum absolute atomic E-state index is 0.187. The van der Waals surface area contributed by atoms with E-state index in [2.05, 4.69) is 28.7 Å². The summed E-state index contributed by atoms with van der Waals surface area (Å²) in [6, 6.07) is 0.607. The van der Waals surface area contributed by atoms with Crippen LogP contribution in [0.1, 0.15) is 53.2 Å². The molecule has 2 rings (SSSR count). The highest BCUT2D eigenvalue weighted by molar-refractivity contribution is 5.68. The molecule has 23 heavy (non-hydrogen) atoms. The number of ether oxygens (including phenoxy) is 1. The number of carbonyl (C=O) groups excluding carboxylic acids is 1. The van der Waals surface area contributed by atoms with Gasteiger partial charge in [0.1, 0.15) is 5.60 Å². The Kier molecular flexibility index (Phi) is 5.68. The second-order valence-corrected chi connectivity index (χ2v) is 7.30. The molecule has 1 aromatic rings. The van der Waals surface area contributed by atoms with Crippen molar-refractivity contribution in [2.45, 2.75) is 78.2 Å². The van der Waals surface area contributed by atoms with Crippen molar-refractivity contribution in [3.05, 3.63) is 18.2 Å². The van der Waals surface area contributed by atoms with E-state index in [1.807, 2.05) is 38.2 Å². The summed E-state index contributed by atoms with van der Waals surface area (Å²) in [6.45, 7) is 12.4. The third kappa shape index (κ3) is 4.96. The molecule has 0 aliphatic carbocycles. The number of nitrogens with one attached hydrogen (secondary N) is 1. The fourth-order valence-electron chi connectivity index (χ4n) is 2.98. The lowest BCUT2D eigenvalue weighted by Crippen LogP contribution is -2.51. The van der Waals surface area contributed by atoms with Gasteiger partial charge in [0.2, 0.25) is 0 Å². The van der Waals surface area contributed by atoms with Crippen LogP contribution in [0, 0.1) is 0 Å². The van der Waals surface area contributed by atoms with Crippen molar-refractivity contribution in [1.82, 2.24) is 19.8 Å². The molecule has 130 valence electrons. The summed E-state index contributed by atoms with van der Waals surface area (Å²) in [5.41, 5.74) is 0.763. The number of aryl methyl sites for hydroxylation is 1. The highest BCUT2D eigenvalue weighted by Crippen LogP contribution is 2.21. The van der Waals surface area contributed by atoms with Gasteiger partial charge in [0, 0.05) is 37.9 Å². The van der Waals surface area contributed by atoms with E-state index in [0.29, 0.717) is 6.04 Å². The van der Waals surface area contributed by atoms with Crippen LogP contribution in [0.5, 0.6) is 0 Å². The molecule has 1 fully saturated rings. The van der Waals surface area contributed by atoms with Gasteiger partial charge in [-0.25, -0.2) is 9.78 Å². The van der Waals surface area contributed by atoms with Crippen molar-refractivity contribution in [3.63, 3.8) is 0 Å². The summed E-state index contributed by atoms with van der Waals surface area (Å²) in [7, 11) is 0. The Hall–Kier alpha value is -1.56. The van der Waals surface area contributed by atoms with Crippen molar-refractivity contribution < 1.29 is 9.53 Å². The number of nitrogens with zero attached hydrogens (tertiary/aromatic N) is 3. The summed E-state index contributed by atoms with van der Waals surface area (Å²) < 4.78 is 7.63. The lowest BCUT2D eigenvalue weighted by Gasteiger charge is -2.38. The van der Waals surface area contributed by atoms with Crippen molar-refractivity contribution in [1.29, 1.82) is 0 Å². The van der Waals surface area contributed by atoms with Gasteiger partial charge in [-0.2, -0.15) is 0 Å². The molecule has 2 heterocycles. The van der Waals surface area contributed by atoms with Gasteiger partial charge in [-0.15, -0.1) is 0 Å². The molecule has 0 spiro atoms. The zero-order valence-corrected chi connectivity index (χ0v) is 15.0. The number of likely N-dealkylation sites (tertiary alicyclic amines) is 1. The maximum Gasteiger partial charge on any atom is 0.410 e. The van der Waals surface area contributed by atoms with Crippen molar-refractivity contribution in [2.24, 2.45) is 0 Å². The van der Waals surface area contributed by atoms with Gasteiger partial charge in [0.15, 0.2) is 0 Å². The zero-order chi connectivity index (χ0) is 17.0. The van der Waals surface area contributed by atoms with E-state index in [9.17, 15) is 4.79 Å². The first-order valence-electron chi connectivity index (χ1n) is 8.52. The second kappa shape index (κ2) is 7.34. The fourth-order valence-corrected chi connectivity index (χ4v) is 2.98. The van der Waals surface area contributed by atoms with Crippen LogP contribution >= 0.6 is 0 Å². The fraction of sp³-hybridized carbons (Fsp3) is 0.765. The number of amides is 1. The minimum atomic E-state index is -0.440. The predicted molar refractivity (Wildman–Crippen MR) is 90.2 cm³/mol. The maximum absolute atomic E-state index is 12.2. The van der Waals surface area contributed by atoms with Gasteiger partial charge >= 0.3 is 6.09 Å². The molecule has 1 aromatic heterocycles. The third-order valence-corrected chi connectivity index (χ3v) is 4.22. The molecule has 2 unspecified atom stereocenters. The highest BCUT2D eigenvalue weighted by atomic mass is 16.6. The number of hydrogen-bond acceptors (Lipinski definition) is 4. The Balaban J connectivity index is 1.83. The average Bonchev–Trinajstić information content (AvgIpc) is 2.90. The summed E-state index contributed by atoms with van der Waals surface area (Å²) in [4.78, 5) is 18.3. The molecule has 0 bridgehead atoms. The molecule has 1 amide bonds. The molecule has 0 saturated carbocycles. The van der Waals surface area contributed by atoms with Gasteiger partial charge in [-0.05, 0) is 47.5 Å². The van der Waals surface area contributed by atoms with Crippen LogP contribution in [0.25, 0.3) is 0 Å². The molecule has 6 heteroatoms. The minimum Gasteiger partial charge on any atom is -0.444 e. The van der Waals surface area contributed by atoms with E-state index in [-0.39, 0.29) is 12.1 Å². The summed E-state index contributed by atoms with van der Waals surface area (Å²) >= 11 is 0. The van der Waals surface area contributed by atoms with Crippen molar-refractivity contribution >= 4 is 6.09 Å². The SMILES string of the molecule is CCn1cncc1CNC1CCN(C(=O)OC(C)(C)C)C(C)C1. The molecule has 0 radical (unpaired) electrons. The van der Waals surface area contributed by atoms with Gasteiger partial charge < -0.3 is 19.5 Å². The van der Waals surface area contributed by atoms with E-state index < -0.39 is 5.60 Å². The Morgan fingerprint density at radius 2 is 2.22 bits per heavy atom. The Morgan fingerprint density at radius 3 is 2.83 bits per heavy atom. The molecule has 6 nitrogen and oxygen atoms in total. The number of hydrogen-bond donors (Lipinski definition) is 1. The summed E-state index contributed by atoms with van der Waals surface area (Å²) in [5, 5.41) is 3.60. The van der Waals surface area contributed by atoms with Crippen LogP contribution in [0.4, 0.5) is 4.79 Å². The first-order chi connectivity index (χ1) is 10.8. The average molecular weight is 322 g/mol. The lowest BCUT2D eigenvalue weighted by atomic mass is 9.98. The first kappa shape index (κ1) is 17.8. The van der Waals surface area contributed by atoms with E-state index >= 15 is 0 Å². The van der Waals surface area contributed by atoms with Crippen LogP contribution < -0.4 is 5.32 Å². The van der Waals surface area contributed by atoms with Crippen LogP contribution in [-0.2, 0) is 17.8 Å². The molecular formula is C17H30N4O2. The molecule has 1 saturated heterocycles. The Bertz CT molecular complexity index is 521. The van der Waals surface area contributed by atoms with Crippen molar-refractivity contribution in [3.8, 4) is 0 Å². The number of carbonyl (C=O) groups is 1. The van der Waals surface area contributed by atoms with Crippen LogP contribution in [0.15, 0.2) is 12.5 Å². The lowest BCUT2D eigenvalue weighted by molar-refractivity contribution is 0.00930. The van der Waals surface area contributed by atoms with Gasteiger partial charge in [-0.3, -0.25) is 0 Å². The van der Waals surface area contributed by atoms with Crippen LogP contribution in [0.3, 0.4) is 0 Å². The molecule has 1 aliphatic heterocycles. The Morgan fingerprint density at radius 1 is 1.48 bits per heavy atom. The zero-order valence-electron chi connectivity index (χ0n) is 15.0. The highest BCUT2D eigenvalue weighted by Gasteiger charge is 2.31. The molecule has 0 aromatic carbocycles. The quantitative estimate of drug-likeness (QED) is 0.926. The summed E-state index contributed by atoms with van der Waals surface area (Å²) in [5.74, 6) is 0. The topological polar surface area (TPSA) is 59.4 Å². The maximum atomic E-state index is 12.2. The molecule has 1 aliphatic rings. The van der Waals surface area contributed by atoms with Gasteiger partial charge in [-0.1, -0.05) is 0 Å². The number of aromatic nitrogens is 2. The number of imidazole rings is 1. The number of piperidine rings is 1. The Labute approximate surface area is 139 Å². The monoisotopic (exact) mass is 322 g/mol. The van der Waals surface area contributed by atoms with E-state index in [1.54, 1.807) is 0 Å². The smallest absolute Gasteiger partial charge is 0.410 e. The van der Waals surface area contributed by atoms with E-state index in [0.717, 1.165) is 32.5 Å². The van der Waals surface area contributed by atoms with Crippen LogP contribution in [-0.4, -0.2) is 44.8 Å². The largest absolute Gasteiger partial charge is 0.444 e. The number of rotatable bonds is 4. The summed E-state index contributed by atoms with van der Waals surface area (Å²) in [6.07, 6.45) is 5.47.